The zero-order chi connectivity index (χ0) is 14.1. The van der Waals surface area contributed by atoms with Crippen molar-refractivity contribution < 1.29 is 14.3 Å². The molecule has 2 N–H and O–H groups in total. The van der Waals surface area contributed by atoms with Gasteiger partial charge in [-0.25, -0.2) is 14.8 Å². The first-order valence-corrected chi connectivity index (χ1v) is 6.30. The normalized spacial score (nSPS) is 10.8. The number of benzene rings is 1. The van der Waals surface area contributed by atoms with E-state index in [1.54, 1.807) is 6.07 Å². The lowest BCUT2D eigenvalue weighted by atomic mass is 10.2. The Hall–Kier alpha value is -2.61. The number of hydrogen-bond donors (Lipinski definition) is 2. The summed E-state index contributed by atoms with van der Waals surface area (Å²) in [6.07, 6.45) is 1.38. The summed E-state index contributed by atoms with van der Waals surface area (Å²) in [5, 5.41) is 9.52. The van der Waals surface area contributed by atoms with Gasteiger partial charge in [0.15, 0.2) is 10.7 Å². The zero-order valence-electron chi connectivity index (χ0n) is 9.86. The first-order chi connectivity index (χ1) is 9.61. The van der Waals surface area contributed by atoms with Gasteiger partial charge in [-0.3, -0.25) is 4.79 Å². The second-order valence-corrected chi connectivity index (χ2v) is 4.75. The van der Waals surface area contributed by atoms with Crippen LogP contribution in [0.25, 0.3) is 11.1 Å². The number of oxazole rings is 1. The molecule has 2 aromatic heterocycles. The summed E-state index contributed by atoms with van der Waals surface area (Å²) in [6.45, 7) is 0. The molecule has 0 saturated carbocycles. The second kappa shape index (κ2) is 4.82. The Morgan fingerprint density at radius 1 is 1.35 bits per heavy atom. The SMILES string of the molecule is O=C(O)c1ccc2nc(Sc3nccc(=O)[nH]3)oc2c1. The van der Waals surface area contributed by atoms with Crippen molar-refractivity contribution >= 4 is 28.8 Å². The highest BCUT2D eigenvalue weighted by atomic mass is 32.2. The molecule has 7 nitrogen and oxygen atoms in total. The maximum atomic E-state index is 11.1. The Balaban J connectivity index is 1.96. The van der Waals surface area contributed by atoms with E-state index in [4.69, 9.17) is 9.52 Å². The molecule has 0 aliphatic rings. The van der Waals surface area contributed by atoms with E-state index >= 15 is 0 Å². The van der Waals surface area contributed by atoms with Gasteiger partial charge in [0.2, 0.25) is 0 Å². The number of aromatic carboxylic acids is 1. The first-order valence-electron chi connectivity index (χ1n) is 5.49. The molecule has 0 spiro atoms. The number of carboxylic acid groups (broad SMARTS) is 1. The minimum absolute atomic E-state index is 0.122. The number of nitrogens with zero attached hydrogens (tertiary/aromatic N) is 2. The van der Waals surface area contributed by atoms with Gasteiger partial charge in [0, 0.05) is 24.0 Å². The summed E-state index contributed by atoms with van der Waals surface area (Å²) in [5.41, 5.74) is 0.754. The lowest BCUT2D eigenvalue weighted by Gasteiger charge is -1.93. The Morgan fingerprint density at radius 3 is 2.95 bits per heavy atom. The Morgan fingerprint density at radius 2 is 2.20 bits per heavy atom. The van der Waals surface area contributed by atoms with Crippen molar-refractivity contribution in [3.63, 3.8) is 0 Å². The lowest BCUT2D eigenvalue weighted by Crippen LogP contribution is -2.04. The van der Waals surface area contributed by atoms with Gasteiger partial charge in [0.25, 0.3) is 10.8 Å². The van der Waals surface area contributed by atoms with Crippen LogP contribution in [-0.4, -0.2) is 26.0 Å². The highest BCUT2D eigenvalue weighted by molar-refractivity contribution is 7.98. The molecule has 2 heterocycles. The monoisotopic (exact) mass is 289 g/mol. The molecule has 0 atom stereocenters. The van der Waals surface area contributed by atoms with Crippen LogP contribution in [0.1, 0.15) is 10.4 Å². The van der Waals surface area contributed by atoms with Crippen LogP contribution in [0.2, 0.25) is 0 Å². The number of fused-ring (bicyclic) bond motifs is 1. The Bertz CT molecular complexity index is 855. The lowest BCUT2D eigenvalue weighted by molar-refractivity contribution is 0.0697. The van der Waals surface area contributed by atoms with Crippen LogP contribution in [0.15, 0.2) is 50.1 Å². The molecule has 0 radical (unpaired) electrons. The fraction of sp³-hybridized carbons (Fsp3) is 0. The average molecular weight is 289 g/mol. The van der Waals surface area contributed by atoms with Crippen LogP contribution < -0.4 is 5.56 Å². The van der Waals surface area contributed by atoms with Gasteiger partial charge in [0.05, 0.1) is 5.56 Å². The fourth-order valence-electron chi connectivity index (χ4n) is 1.57. The van der Waals surface area contributed by atoms with Crippen LogP contribution in [0.3, 0.4) is 0 Å². The van der Waals surface area contributed by atoms with Crippen molar-refractivity contribution in [3.8, 4) is 0 Å². The number of rotatable bonds is 3. The summed E-state index contributed by atoms with van der Waals surface area (Å²) in [6, 6.07) is 5.71. The maximum Gasteiger partial charge on any atom is 0.335 e. The number of carboxylic acids is 1. The first kappa shape index (κ1) is 12.4. The summed E-state index contributed by atoms with van der Waals surface area (Å²) >= 11 is 1.05. The van der Waals surface area contributed by atoms with Crippen molar-refractivity contribution in [1.82, 2.24) is 15.0 Å². The van der Waals surface area contributed by atoms with Gasteiger partial charge in [-0.05, 0) is 18.2 Å². The highest BCUT2D eigenvalue weighted by Gasteiger charge is 2.11. The summed E-state index contributed by atoms with van der Waals surface area (Å²) in [5.74, 6) is -1.04. The van der Waals surface area contributed by atoms with E-state index < -0.39 is 5.97 Å². The predicted molar refractivity (Wildman–Crippen MR) is 69.9 cm³/mol. The minimum Gasteiger partial charge on any atom is -0.478 e. The summed E-state index contributed by atoms with van der Waals surface area (Å²) < 4.78 is 5.43. The maximum absolute atomic E-state index is 11.1. The summed E-state index contributed by atoms with van der Waals surface area (Å²) in [7, 11) is 0. The van der Waals surface area contributed by atoms with E-state index in [1.807, 2.05) is 0 Å². The molecule has 0 unspecified atom stereocenters. The highest BCUT2D eigenvalue weighted by Crippen LogP contribution is 2.27. The Labute approximate surface area is 115 Å². The van der Waals surface area contributed by atoms with Gasteiger partial charge < -0.3 is 14.5 Å². The molecule has 100 valence electrons. The van der Waals surface area contributed by atoms with Gasteiger partial charge in [-0.1, -0.05) is 0 Å². The molecule has 1 aromatic carbocycles. The smallest absolute Gasteiger partial charge is 0.335 e. The van der Waals surface area contributed by atoms with Crippen LogP contribution in [-0.2, 0) is 0 Å². The molecule has 0 amide bonds. The number of aromatic amines is 1. The van der Waals surface area contributed by atoms with Crippen LogP contribution in [0.5, 0.6) is 0 Å². The average Bonchev–Trinajstić information content (AvgIpc) is 2.79. The number of H-pyrrole nitrogens is 1. The Kier molecular flexibility index (Phi) is 2.99. The molecule has 3 aromatic rings. The number of carbonyl (C=O) groups is 1. The fourth-order valence-corrected chi connectivity index (χ4v) is 2.27. The van der Waals surface area contributed by atoms with Gasteiger partial charge >= 0.3 is 5.97 Å². The van der Waals surface area contributed by atoms with E-state index in [0.29, 0.717) is 16.3 Å². The molecule has 0 bridgehead atoms. The van der Waals surface area contributed by atoms with Gasteiger partial charge in [0.1, 0.15) is 5.52 Å². The second-order valence-electron chi connectivity index (χ2n) is 3.81. The van der Waals surface area contributed by atoms with Gasteiger partial charge in [-0.2, -0.15) is 0 Å². The van der Waals surface area contributed by atoms with Gasteiger partial charge in [-0.15, -0.1) is 0 Å². The molecule has 0 aliphatic heterocycles. The van der Waals surface area contributed by atoms with Crippen molar-refractivity contribution in [2.45, 2.75) is 10.4 Å². The quantitative estimate of drug-likeness (QED) is 0.707. The molecule has 0 aliphatic carbocycles. The molecule has 3 rings (SSSR count). The molecule has 20 heavy (non-hydrogen) atoms. The van der Waals surface area contributed by atoms with E-state index in [2.05, 4.69) is 15.0 Å². The third-order valence-corrected chi connectivity index (χ3v) is 3.20. The van der Waals surface area contributed by atoms with Crippen molar-refractivity contribution in [3.05, 3.63) is 46.4 Å². The van der Waals surface area contributed by atoms with Crippen molar-refractivity contribution in [2.75, 3.05) is 0 Å². The zero-order valence-corrected chi connectivity index (χ0v) is 10.7. The molecule has 0 fully saturated rings. The molecule has 8 heteroatoms. The van der Waals surface area contributed by atoms with E-state index in [1.165, 1.54) is 24.4 Å². The summed E-state index contributed by atoms with van der Waals surface area (Å²) in [4.78, 5) is 32.7. The number of nitrogens with one attached hydrogen (secondary N) is 1. The van der Waals surface area contributed by atoms with Crippen LogP contribution in [0.4, 0.5) is 0 Å². The van der Waals surface area contributed by atoms with Crippen LogP contribution >= 0.6 is 11.8 Å². The van der Waals surface area contributed by atoms with E-state index in [0.717, 1.165) is 11.8 Å². The van der Waals surface area contributed by atoms with Crippen molar-refractivity contribution in [1.29, 1.82) is 0 Å². The third kappa shape index (κ3) is 2.41. The standard InChI is InChI=1S/C12H7N3O4S/c16-9-3-4-13-11(15-9)20-12-14-7-2-1-6(10(17)18)5-8(7)19-12/h1-5H,(H,17,18)(H,13,15,16). The number of hydrogen-bond acceptors (Lipinski definition) is 6. The minimum atomic E-state index is -1.04. The molecular formula is C12H7N3O4S. The largest absolute Gasteiger partial charge is 0.478 e. The molecular weight excluding hydrogens is 282 g/mol. The van der Waals surface area contributed by atoms with E-state index in [9.17, 15) is 9.59 Å². The topological polar surface area (TPSA) is 109 Å². The van der Waals surface area contributed by atoms with E-state index in [-0.39, 0.29) is 16.3 Å². The predicted octanol–water partition coefficient (Wildman–Crippen LogP) is 1.76. The molecule has 0 saturated heterocycles. The number of aromatic nitrogens is 3. The van der Waals surface area contributed by atoms with Crippen LogP contribution in [0, 0.1) is 0 Å². The third-order valence-electron chi connectivity index (χ3n) is 2.45. The van der Waals surface area contributed by atoms with Crippen molar-refractivity contribution in [2.24, 2.45) is 0 Å².